The third-order valence-electron chi connectivity index (χ3n) is 3.21. The molecule has 102 valence electrons. The molecule has 0 aliphatic carbocycles. The van der Waals surface area contributed by atoms with Crippen LogP contribution in [0.2, 0.25) is 0 Å². The Morgan fingerprint density at radius 2 is 2.24 bits per heavy atom. The summed E-state index contributed by atoms with van der Waals surface area (Å²) in [4.78, 5) is 2.29. The van der Waals surface area contributed by atoms with Crippen LogP contribution >= 0.6 is 0 Å². The fourth-order valence-corrected chi connectivity index (χ4v) is 2.25. The van der Waals surface area contributed by atoms with Gasteiger partial charge in [-0.25, -0.2) is 0 Å². The van der Waals surface area contributed by atoms with Gasteiger partial charge in [-0.3, -0.25) is 4.90 Å². The van der Waals surface area contributed by atoms with Gasteiger partial charge in [0.15, 0.2) is 0 Å². The van der Waals surface area contributed by atoms with Crippen molar-refractivity contribution in [1.82, 2.24) is 4.90 Å². The van der Waals surface area contributed by atoms with E-state index in [9.17, 15) is 5.11 Å². The summed E-state index contributed by atoms with van der Waals surface area (Å²) in [6.07, 6.45) is 3.17. The molecule has 17 heavy (non-hydrogen) atoms. The molecule has 0 aromatic carbocycles. The molecule has 0 aromatic heterocycles. The first kappa shape index (κ1) is 14.9. The van der Waals surface area contributed by atoms with Crippen molar-refractivity contribution in [2.75, 3.05) is 46.6 Å². The zero-order chi connectivity index (χ0) is 12.5. The topological polar surface area (TPSA) is 68.0 Å². The lowest BCUT2D eigenvalue weighted by molar-refractivity contribution is -0.0101. The van der Waals surface area contributed by atoms with Gasteiger partial charge in [-0.05, 0) is 19.4 Å². The van der Waals surface area contributed by atoms with Crippen LogP contribution in [-0.2, 0) is 9.47 Å². The number of aliphatic hydroxyl groups is 1. The molecule has 1 heterocycles. The van der Waals surface area contributed by atoms with Gasteiger partial charge < -0.3 is 20.3 Å². The number of ether oxygens (including phenoxy) is 2. The largest absolute Gasteiger partial charge is 0.389 e. The Morgan fingerprint density at radius 1 is 1.41 bits per heavy atom. The summed E-state index contributed by atoms with van der Waals surface area (Å²) in [5.41, 5.74) is 5.74. The Hall–Kier alpha value is -0.200. The highest BCUT2D eigenvalue weighted by molar-refractivity contribution is 4.79. The van der Waals surface area contributed by atoms with E-state index in [1.807, 2.05) is 0 Å². The number of hydrogen-bond donors (Lipinski definition) is 2. The van der Waals surface area contributed by atoms with Gasteiger partial charge in [0.1, 0.15) is 0 Å². The van der Waals surface area contributed by atoms with Crippen LogP contribution < -0.4 is 5.73 Å². The number of piperidine rings is 1. The van der Waals surface area contributed by atoms with E-state index in [1.54, 1.807) is 7.11 Å². The molecule has 0 saturated carbocycles. The van der Waals surface area contributed by atoms with Gasteiger partial charge in [0.05, 0.1) is 25.9 Å². The van der Waals surface area contributed by atoms with Gasteiger partial charge in [0.25, 0.3) is 0 Å². The van der Waals surface area contributed by atoms with Crippen molar-refractivity contribution >= 4 is 0 Å². The van der Waals surface area contributed by atoms with Crippen LogP contribution in [0.4, 0.5) is 0 Å². The van der Waals surface area contributed by atoms with Gasteiger partial charge in [0, 0.05) is 26.2 Å². The van der Waals surface area contributed by atoms with Crippen molar-refractivity contribution in [2.24, 2.45) is 5.73 Å². The highest BCUT2D eigenvalue weighted by Crippen LogP contribution is 2.16. The van der Waals surface area contributed by atoms with E-state index in [1.165, 1.54) is 12.8 Å². The van der Waals surface area contributed by atoms with Gasteiger partial charge >= 0.3 is 0 Å². The molecule has 0 aromatic rings. The van der Waals surface area contributed by atoms with Crippen molar-refractivity contribution < 1.29 is 14.6 Å². The number of β-amino-alcohol motifs (C(OH)–C–C–N with tert-alkyl or cyclic N) is 1. The highest BCUT2D eigenvalue weighted by Gasteiger charge is 2.22. The molecule has 1 fully saturated rings. The molecule has 3 N–H and O–H groups in total. The van der Waals surface area contributed by atoms with E-state index in [-0.39, 0.29) is 0 Å². The van der Waals surface area contributed by atoms with Gasteiger partial charge in [-0.1, -0.05) is 6.42 Å². The normalized spacial score (nSPS) is 23.8. The van der Waals surface area contributed by atoms with E-state index >= 15 is 0 Å². The summed E-state index contributed by atoms with van der Waals surface area (Å²) in [5, 5.41) is 9.87. The molecule has 5 nitrogen and oxygen atoms in total. The molecule has 1 aliphatic rings. The molecular weight excluding hydrogens is 220 g/mol. The average Bonchev–Trinajstić information content (AvgIpc) is 2.35. The lowest BCUT2D eigenvalue weighted by Crippen LogP contribution is -2.48. The number of aliphatic hydroxyl groups excluding tert-OH is 1. The van der Waals surface area contributed by atoms with Crippen molar-refractivity contribution in [3.05, 3.63) is 0 Å². The van der Waals surface area contributed by atoms with Crippen LogP contribution in [-0.4, -0.2) is 68.7 Å². The molecule has 0 amide bonds. The number of nitrogens with two attached hydrogens (primary N) is 1. The number of methoxy groups -OCH3 is 1. The van der Waals surface area contributed by atoms with Crippen molar-refractivity contribution in [3.63, 3.8) is 0 Å². The SMILES string of the molecule is COCCOCC(O)CN1CCCCC1CN. The minimum absolute atomic E-state index is 0.372. The van der Waals surface area contributed by atoms with E-state index in [0.29, 0.717) is 39.0 Å². The molecule has 1 aliphatic heterocycles. The van der Waals surface area contributed by atoms with Gasteiger partial charge in [-0.2, -0.15) is 0 Å². The number of likely N-dealkylation sites (tertiary alicyclic amines) is 1. The number of nitrogens with zero attached hydrogens (tertiary/aromatic N) is 1. The number of rotatable bonds is 8. The Morgan fingerprint density at radius 3 is 2.94 bits per heavy atom. The van der Waals surface area contributed by atoms with Crippen LogP contribution in [0.25, 0.3) is 0 Å². The standard InChI is InChI=1S/C12H26N2O3/c1-16-6-7-17-10-12(15)9-14-5-3-2-4-11(14)8-13/h11-12,15H,2-10,13H2,1H3. The summed E-state index contributed by atoms with van der Waals surface area (Å²) >= 11 is 0. The molecule has 0 radical (unpaired) electrons. The minimum Gasteiger partial charge on any atom is -0.389 e. The molecular formula is C12H26N2O3. The Bertz CT molecular complexity index is 193. The second-order valence-corrected chi connectivity index (χ2v) is 4.60. The van der Waals surface area contributed by atoms with Crippen LogP contribution in [0.3, 0.4) is 0 Å². The molecule has 0 spiro atoms. The molecule has 2 unspecified atom stereocenters. The van der Waals surface area contributed by atoms with Crippen molar-refractivity contribution in [3.8, 4) is 0 Å². The first-order valence-electron chi connectivity index (χ1n) is 6.46. The maximum Gasteiger partial charge on any atom is 0.0900 e. The lowest BCUT2D eigenvalue weighted by Gasteiger charge is -2.36. The molecule has 1 saturated heterocycles. The average molecular weight is 246 g/mol. The first-order chi connectivity index (χ1) is 8.27. The summed E-state index contributed by atoms with van der Waals surface area (Å²) in [7, 11) is 1.64. The van der Waals surface area contributed by atoms with Crippen molar-refractivity contribution in [1.29, 1.82) is 0 Å². The third-order valence-corrected chi connectivity index (χ3v) is 3.21. The lowest BCUT2D eigenvalue weighted by atomic mass is 10.0. The monoisotopic (exact) mass is 246 g/mol. The second kappa shape index (κ2) is 8.83. The predicted molar refractivity (Wildman–Crippen MR) is 67.0 cm³/mol. The summed E-state index contributed by atoms with van der Waals surface area (Å²) in [6, 6.07) is 0.428. The maximum absolute atomic E-state index is 9.87. The van der Waals surface area contributed by atoms with Gasteiger partial charge in [0.2, 0.25) is 0 Å². The summed E-state index contributed by atoms with van der Waals surface area (Å²) < 4.78 is 10.2. The molecule has 2 atom stereocenters. The quantitative estimate of drug-likeness (QED) is 0.582. The minimum atomic E-state index is -0.431. The van der Waals surface area contributed by atoms with Crippen LogP contribution in [0, 0.1) is 0 Å². The first-order valence-corrected chi connectivity index (χ1v) is 6.46. The van der Waals surface area contributed by atoms with Crippen LogP contribution in [0.15, 0.2) is 0 Å². The van der Waals surface area contributed by atoms with Crippen LogP contribution in [0.5, 0.6) is 0 Å². The van der Waals surface area contributed by atoms with E-state index in [2.05, 4.69) is 4.90 Å². The highest BCUT2D eigenvalue weighted by atomic mass is 16.5. The van der Waals surface area contributed by atoms with E-state index in [0.717, 1.165) is 13.0 Å². The van der Waals surface area contributed by atoms with Crippen LogP contribution in [0.1, 0.15) is 19.3 Å². The maximum atomic E-state index is 9.87. The molecule has 0 bridgehead atoms. The smallest absolute Gasteiger partial charge is 0.0900 e. The zero-order valence-electron chi connectivity index (χ0n) is 10.8. The molecule has 1 rings (SSSR count). The van der Waals surface area contributed by atoms with Crippen molar-refractivity contribution in [2.45, 2.75) is 31.4 Å². The number of hydrogen-bond acceptors (Lipinski definition) is 5. The predicted octanol–water partition coefficient (Wildman–Crippen LogP) is -0.176. The Balaban J connectivity index is 2.16. The summed E-state index contributed by atoms with van der Waals surface area (Å²) in [6.45, 7) is 3.86. The van der Waals surface area contributed by atoms with Gasteiger partial charge in [-0.15, -0.1) is 0 Å². The third kappa shape index (κ3) is 5.79. The zero-order valence-corrected chi connectivity index (χ0v) is 10.8. The second-order valence-electron chi connectivity index (χ2n) is 4.60. The Kier molecular flexibility index (Phi) is 7.72. The van der Waals surface area contributed by atoms with E-state index < -0.39 is 6.10 Å². The Labute approximate surface area is 104 Å². The molecule has 5 heteroatoms. The summed E-state index contributed by atoms with van der Waals surface area (Å²) in [5.74, 6) is 0. The van der Waals surface area contributed by atoms with E-state index in [4.69, 9.17) is 15.2 Å². The fourth-order valence-electron chi connectivity index (χ4n) is 2.25. The fraction of sp³-hybridized carbons (Fsp3) is 1.00.